The third-order valence-corrected chi connectivity index (χ3v) is 8.65. The van der Waals surface area contributed by atoms with E-state index in [1.807, 2.05) is 20.8 Å². The number of allylic oxidation sites excluding steroid dienone is 1. The molecule has 0 amide bonds. The summed E-state index contributed by atoms with van der Waals surface area (Å²) in [5, 5.41) is 35.0. The Balaban J connectivity index is 2.33. The quantitative estimate of drug-likeness (QED) is 0.479. The molecule has 3 rings (SSSR count). The Hall–Kier alpha value is -1.24. The number of carbonyl (C=O) groups is 2. The van der Waals surface area contributed by atoms with Crippen LogP contribution in [0.25, 0.3) is 0 Å². The van der Waals surface area contributed by atoms with Gasteiger partial charge in [0.25, 0.3) is 0 Å². The van der Waals surface area contributed by atoms with Crippen LogP contribution in [0.3, 0.4) is 0 Å². The number of hydrogen-bond acceptors (Lipinski definition) is 6. The molecule has 3 N–H and O–H groups in total. The van der Waals surface area contributed by atoms with Gasteiger partial charge in [0.15, 0.2) is 5.78 Å². The second kappa shape index (κ2) is 6.38. The summed E-state index contributed by atoms with van der Waals surface area (Å²) in [5.74, 6) is -1.59. The summed E-state index contributed by atoms with van der Waals surface area (Å²) in [6.45, 7) is 14.4. The molecule has 6 nitrogen and oxygen atoms in total. The molecule has 0 aromatic carbocycles. The van der Waals surface area contributed by atoms with Crippen LogP contribution in [0, 0.1) is 27.6 Å². The van der Waals surface area contributed by atoms with Crippen LogP contribution < -0.4 is 0 Å². The maximum absolute atomic E-state index is 13.7. The van der Waals surface area contributed by atoms with E-state index >= 15 is 0 Å². The summed E-state index contributed by atoms with van der Waals surface area (Å²) in [6, 6.07) is 0. The molecule has 3 fully saturated rings. The molecule has 0 bridgehead atoms. The first-order valence-corrected chi connectivity index (χ1v) is 10.5. The molecule has 0 saturated heterocycles. The minimum Gasteiger partial charge on any atom is -0.459 e. The molecule has 0 aliphatic heterocycles. The van der Waals surface area contributed by atoms with Gasteiger partial charge in [-0.1, -0.05) is 40.7 Å². The number of hydrogen-bond donors (Lipinski definition) is 3. The van der Waals surface area contributed by atoms with Crippen molar-refractivity contribution < 1.29 is 29.6 Å². The Labute approximate surface area is 173 Å². The molecule has 3 aliphatic carbocycles. The van der Waals surface area contributed by atoms with E-state index in [9.17, 15) is 24.9 Å². The topological polar surface area (TPSA) is 104 Å². The van der Waals surface area contributed by atoms with Crippen molar-refractivity contribution in [1.29, 1.82) is 0 Å². The van der Waals surface area contributed by atoms with E-state index in [0.717, 1.165) is 0 Å². The van der Waals surface area contributed by atoms with Crippen molar-refractivity contribution in [2.24, 2.45) is 27.6 Å². The van der Waals surface area contributed by atoms with E-state index in [4.69, 9.17) is 4.74 Å². The molecule has 6 heteroatoms. The van der Waals surface area contributed by atoms with Gasteiger partial charge in [-0.15, -0.1) is 6.58 Å². The second-order valence-electron chi connectivity index (χ2n) is 11.1. The number of fused-ring (bicyclic) bond motifs is 3. The van der Waals surface area contributed by atoms with Gasteiger partial charge in [-0.05, 0) is 30.1 Å². The minimum atomic E-state index is -1.95. The Bertz CT molecular complexity index is 746. The molecule has 0 aromatic rings. The average molecular weight is 409 g/mol. The number of carbonyl (C=O) groups excluding carboxylic acids is 2. The zero-order valence-corrected chi connectivity index (χ0v) is 18.5. The number of aliphatic hydroxyl groups excluding tert-OH is 2. The van der Waals surface area contributed by atoms with Gasteiger partial charge < -0.3 is 20.1 Å². The van der Waals surface area contributed by atoms with Crippen LogP contribution >= 0.6 is 0 Å². The summed E-state index contributed by atoms with van der Waals surface area (Å²) in [5.41, 5.74) is -5.60. The van der Waals surface area contributed by atoms with Gasteiger partial charge in [0, 0.05) is 30.1 Å². The Kier molecular flexibility index (Phi) is 4.94. The monoisotopic (exact) mass is 408 g/mol. The number of esters is 1. The van der Waals surface area contributed by atoms with Crippen LogP contribution in [0.5, 0.6) is 0 Å². The van der Waals surface area contributed by atoms with Crippen LogP contribution in [0.4, 0.5) is 0 Å². The molecular formula is C23H36O6. The van der Waals surface area contributed by atoms with E-state index in [1.165, 1.54) is 6.92 Å². The van der Waals surface area contributed by atoms with E-state index in [0.29, 0.717) is 19.3 Å². The maximum Gasteiger partial charge on any atom is 0.303 e. The van der Waals surface area contributed by atoms with Crippen molar-refractivity contribution in [2.45, 2.75) is 91.1 Å². The molecule has 0 unspecified atom stereocenters. The molecule has 3 saturated carbocycles. The normalized spacial score (nSPS) is 51.6. The number of ether oxygens (including phenoxy) is 1. The molecule has 8 atom stereocenters. The molecule has 0 radical (unpaired) electrons. The van der Waals surface area contributed by atoms with Gasteiger partial charge in [-0.2, -0.15) is 0 Å². The zero-order chi connectivity index (χ0) is 22.2. The van der Waals surface area contributed by atoms with E-state index in [2.05, 4.69) is 6.58 Å². The molecule has 29 heavy (non-hydrogen) atoms. The van der Waals surface area contributed by atoms with Gasteiger partial charge in [-0.3, -0.25) is 9.59 Å². The highest BCUT2D eigenvalue weighted by Gasteiger charge is 2.79. The third-order valence-electron chi connectivity index (χ3n) is 8.65. The first-order chi connectivity index (χ1) is 13.1. The highest BCUT2D eigenvalue weighted by atomic mass is 16.6. The minimum absolute atomic E-state index is 0.0843. The van der Waals surface area contributed by atoms with Gasteiger partial charge in [0.05, 0.1) is 12.2 Å². The summed E-state index contributed by atoms with van der Waals surface area (Å²) in [4.78, 5) is 25.6. The SMILES string of the molecule is C=C[C@@]1(C)CC(=O)[C@]2(O)[C@@]3(C)[C@@H](O)CCC(C)(C)[C@@H]3[C@H](O)[C@H](OC(C)=O)[C@@]2(C)C1. The number of rotatable bonds is 2. The first kappa shape index (κ1) is 22.4. The van der Waals surface area contributed by atoms with E-state index in [1.54, 1.807) is 19.9 Å². The third kappa shape index (κ3) is 2.64. The summed E-state index contributed by atoms with van der Waals surface area (Å²) >= 11 is 0. The Morgan fingerprint density at radius 3 is 2.31 bits per heavy atom. The van der Waals surface area contributed by atoms with Gasteiger partial charge in [0.2, 0.25) is 0 Å². The van der Waals surface area contributed by atoms with Crippen LogP contribution in [-0.2, 0) is 14.3 Å². The lowest BCUT2D eigenvalue weighted by atomic mass is 9.35. The van der Waals surface area contributed by atoms with Crippen LogP contribution in [0.2, 0.25) is 0 Å². The fourth-order valence-corrected chi connectivity index (χ4v) is 7.41. The van der Waals surface area contributed by atoms with Crippen molar-refractivity contribution in [3.63, 3.8) is 0 Å². The van der Waals surface area contributed by atoms with Crippen LogP contribution in [0.1, 0.15) is 67.2 Å². The highest BCUT2D eigenvalue weighted by molar-refractivity contribution is 5.91. The van der Waals surface area contributed by atoms with E-state index in [-0.39, 0.29) is 12.2 Å². The smallest absolute Gasteiger partial charge is 0.303 e. The molecule has 0 aromatic heterocycles. The van der Waals surface area contributed by atoms with Crippen molar-refractivity contribution >= 4 is 11.8 Å². The summed E-state index contributed by atoms with van der Waals surface area (Å²) in [6.07, 6.45) is -0.0243. The first-order valence-electron chi connectivity index (χ1n) is 10.5. The van der Waals surface area contributed by atoms with Crippen LogP contribution in [0.15, 0.2) is 12.7 Å². The number of aliphatic hydroxyl groups is 3. The van der Waals surface area contributed by atoms with E-state index < -0.39 is 57.5 Å². The standard InChI is InChI=1S/C23H36O6/c1-8-20(5)11-15(26)23(28)21(6,12-20)18(29-13(2)24)16(27)17-19(3,4)10-9-14(25)22(17,23)7/h8,14,16-18,25,27-28H,1,9-12H2,2-7H3/t14-,16-,17-,18-,20-,21+,22-,23+/m0/s1. The fraction of sp³-hybridized carbons (Fsp3) is 0.826. The average Bonchev–Trinajstić information content (AvgIpc) is 2.59. The molecule has 164 valence electrons. The largest absolute Gasteiger partial charge is 0.459 e. The number of ketones is 1. The predicted molar refractivity (Wildman–Crippen MR) is 108 cm³/mol. The van der Waals surface area contributed by atoms with Crippen molar-refractivity contribution in [1.82, 2.24) is 0 Å². The lowest BCUT2D eigenvalue weighted by Crippen LogP contribution is -2.82. The predicted octanol–water partition coefficient (Wildman–Crippen LogP) is 2.39. The van der Waals surface area contributed by atoms with Crippen molar-refractivity contribution in [3.05, 3.63) is 12.7 Å². The maximum atomic E-state index is 13.7. The lowest BCUT2D eigenvalue weighted by molar-refractivity contribution is -0.332. The molecule has 0 heterocycles. The number of Topliss-reactive ketones (excluding diaryl/α,β-unsaturated/α-hetero) is 1. The molecule has 0 spiro atoms. The van der Waals surface area contributed by atoms with Crippen molar-refractivity contribution in [3.8, 4) is 0 Å². The fourth-order valence-electron chi connectivity index (χ4n) is 7.41. The zero-order valence-electron chi connectivity index (χ0n) is 18.5. The lowest BCUT2D eigenvalue weighted by Gasteiger charge is -2.71. The van der Waals surface area contributed by atoms with Crippen molar-refractivity contribution in [2.75, 3.05) is 0 Å². The summed E-state index contributed by atoms with van der Waals surface area (Å²) < 4.78 is 5.63. The van der Waals surface area contributed by atoms with Gasteiger partial charge in [0.1, 0.15) is 11.7 Å². The summed E-state index contributed by atoms with van der Waals surface area (Å²) in [7, 11) is 0. The Morgan fingerprint density at radius 1 is 1.21 bits per heavy atom. The molecule has 3 aliphatic rings. The van der Waals surface area contributed by atoms with Crippen LogP contribution in [-0.4, -0.2) is 51.0 Å². The highest BCUT2D eigenvalue weighted by Crippen LogP contribution is 2.70. The second-order valence-corrected chi connectivity index (χ2v) is 11.1. The van der Waals surface area contributed by atoms with Gasteiger partial charge in [-0.25, -0.2) is 0 Å². The van der Waals surface area contributed by atoms with Gasteiger partial charge >= 0.3 is 5.97 Å². The molecular weight excluding hydrogens is 372 g/mol. The Morgan fingerprint density at radius 2 is 1.79 bits per heavy atom.